The largest absolute Gasteiger partial charge is 0.486 e. The number of rotatable bonds is 30. The third-order valence-electron chi connectivity index (χ3n) is 22.4. The summed E-state index contributed by atoms with van der Waals surface area (Å²) in [5.41, 5.74) is 12.7. The summed E-state index contributed by atoms with van der Waals surface area (Å²) in [6.45, 7) is 49.5. The molecule has 0 amide bonds. The van der Waals surface area contributed by atoms with E-state index in [-0.39, 0.29) is 18.3 Å². The number of ether oxygens (including phenoxy) is 4. The van der Waals surface area contributed by atoms with Crippen molar-refractivity contribution in [2.45, 2.75) is 218 Å². The molecule has 1 saturated heterocycles. The Balaban J connectivity index is 0.000000185. The Morgan fingerprint density at radius 2 is 0.840 bits per heavy atom. The molecule has 5 fully saturated rings. The van der Waals surface area contributed by atoms with Gasteiger partial charge in [0.25, 0.3) is 0 Å². The molecule has 2 aromatic carbocycles. The number of fused-ring (bicyclic) bond motifs is 6. The second-order valence-corrected chi connectivity index (χ2v) is 59.8. The summed E-state index contributed by atoms with van der Waals surface area (Å²) in [6, 6.07) is 33.6. The number of anilines is 2. The van der Waals surface area contributed by atoms with E-state index in [1.165, 1.54) is 64.2 Å². The van der Waals surface area contributed by atoms with Crippen molar-refractivity contribution >= 4 is 84.3 Å². The molecule has 8 aromatic rings. The molecule has 22 heteroatoms. The molecule has 13 rings (SSSR count). The second-order valence-electron chi connectivity index (χ2n) is 36.5. The van der Waals surface area contributed by atoms with Crippen LogP contribution in [0.4, 0.5) is 11.6 Å². The van der Waals surface area contributed by atoms with Crippen LogP contribution in [0.25, 0.3) is 62.1 Å². The first kappa shape index (κ1) is 81.2. The van der Waals surface area contributed by atoms with Gasteiger partial charge in [0.15, 0.2) is 17.1 Å². The van der Waals surface area contributed by atoms with Gasteiger partial charge in [-0.25, -0.2) is 9.97 Å². The zero-order valence-corrected chi connectivity index (χ0v) is 72.4. The van der Waals surface area contributed by atoms with Crippen molar-refractivity contribution in [1.82, 2.24) is 39.2 Å². The van der Waals surface area contributed by atoms with E-state index in [9.17, 15) is 0 Å². The summed E-state index contributed by atoms with van der Waals surface area (Å²) >= 11 is 4.11. The molecule has 0 N–H and O–H groups in total. The Morgan fingerprint density at radius 1 is 0.481 bits per heavy atom. The van der Waals surface area contributed by atoms with Crippen molar-refractivity contribution in [2.75, 3.05) is 63.2 Å². The van der Waals surface area contributed by atoms with Crippen LogP contribution >= 0.6 is 15.9 Å². The van der Waals surface area contributed by atoms with E-state index in [2.05, 4.69) is 166 Å². The van der Waals surface area contributed by atoms with Gasteiger partial charge in [0.05, 0.1) is 50.8 Å². The molecule has 0 spiro atoms. The summed E-state index contributed by atoms with van der Waals surface area (Å²) in [5.74, 6) is 7.61. The lowest BCUT2D eigenvalue weighted by Crippen LogP contribution is -2.41. The van der Waals surface area contributed by atoms with Crippen LogP contribution in [0.15, 0.2) is 133 Å². The highest BCUT2D eigenvalue weighted by Crippen LogP contribution is 2.52. The monoisotopic (exact) mass is 1570 g/mol. The van der Waals surface area contributed by atoms with Crippen molar-refractivity contribution in [2.24, 2.45) is 23.7 Å². The van der Waals surface area contributed by atoms with E-state index in [4.69, 9.17) is 58.4 Å². The number of benzene rings is 2. The fraction of sp³-hybridized carbons (Fsp3) is 0.548. The highest BCUT2D eigenvalue weighted by molar-refractivity contribution is 9.10. The van der Waals surface area contributed by atoms with Gasteiger partial charge in [0.1, 0.15) is 32.7 Å². The number of aromatic nitrogens is 8. The molecule has 570 valence electrons. The third kappa shape index (κ3) is 21.2. The number of nitrogens with zero attached hydrogens (tertiary/aromatic N) is 10. The van der Waals surface area contributed by atoms with Gasteiger partial charge in [-0.1, -0.05) is 196 Å². The maximum absolute atomic E-state index is 6.43. The van der Waals surface area contributed by atoms with E-state index in [1.807, 2.05) is 104 Å². The van der Waals surface area contributed by atoms with Gasteiger partial charge in [-0.3, -0.25) is 9.97 Å². The van der Waals surface area contributed by atoms with E-state index < -0.39 is 32.3 Å². The molecular weight excluding hydrogens is 1450 g/mol. The molecule has 5 aliphatic rings. The zero-order chi connectivity index (χ0) is 75.8. The Hall–Kier alpha value is -5.77. The average Bonchev–Trinajstić information content (AvgIpc) is 1.53. The lowest BCUT2D eigenvalue weighted by atomic mass is 9.78. The van der Waals surface area contributed by atoms with E-state index >= 15 is 0 Å². The van der Waals surface area contributed by atoms with Crippen LogP contribution in [0.2, 0.25) is 103 Å². The molecule has 4 aliphatic carbocycles. The Bertz CT molecular complexity index is 4110. The minimum Gasteiger partial charge on any atom is -0.400 e. The topological polar surface area (TPSA) is 148 Å². The molecule has 4 bridgehead atoms. The van der Waals surface area contributed by atoms with E-state index in [0.29, 0.717) is 38.8 Å². The maximum Gasteiger partial charge on any atom is 0.486 e. The molecule has 1 aliphatic heterocycles. The molecule has 6 aromatic heterocycles. The van der Waals surface area contributed by atoms with Crippen LogP contribution in [0.1, 0.15) is 121 Å². The second kappa shape index (κ2) is 35.1. The van der Waals surface area contributed by atoms with Crippen LogP contribution in [-0.2, 0) is 28.3 Å². The molecule has 6 atom stereocenters. The zero-order valence-electron chi connectivity index (χ0n) is 66.9. The Kier molecular flexibility index (Phi) is 26.9. The lowest BCUT2D eigenvalue weighted by Gasteiger charge is -2.32. The number of halogens is 1. The molecule has 4 saturated carbocycles. The minimum absolute atomic E-state index is 0.230. The number of pyridine rings is 2. The van der Waals surface area contributed by atoms with Gasteiger partial charge in [0.2, 0.25) is 0 Å². The van der Waals surface area contributed by atoms with Crippen molar-refractivity contribution in [3.8, 4) is 44.8 Å². The first-order valence-corrected chi connectivity index (χ1v) is 54.9. The summed E-state index contributed by atoms with van der Waals surface area (Å²) in [6.07, 6.45) is 22.7. The van der Waals surface area contributed by atoms with E-state index in [0.717, 1.165) is 163 Å². The Labute approximate surface area is 647 Å². The lowest BCUT2D eigenvalue weighted by molar-refractivity contribution is 0.00578. The van der Waals surface area contributed by atoms with Crippen LogP contribution in [-0.4, -0.2) is 143 Å². The van der Waals surface area contributed by atoms with Crippen molar-refractivity contribution < 1.29 is 28.3 Å². The van der Waals surface area contributed by atoms with Crippen LogP contribution in [0, 0.1) is 23.7 Å². The first-order chi connectivity index (χ1) is 50.3. The molecule has 7 heterocycles. The van der Waals surface area contributed by atoms with Gasteiger partial charge < -0.3 is 38.1 Å². The van der Waals surface area contributed by atoms with Gasteiger partial charge in [-0.2, -0.15) is 19.2 Å². The predicted octanol–water partition coefficient (Wildman–Crippen LogP) is 21.6. The van der Waals surface area contributed by atoms with Gasteiger partial charge in [-0.15, -0.1) is 6.58 Å². The van der Waals surface area contributed by atoms with Crippen LogP contribution < -0.4 is 9.80 Å². The molecule has 106 heavy (non-hydrogen) atoms. The maximum atomic E-state index is 6.43. The van der Waals surface area contributed by atoms with Gasteiger partial charge in [-0.05, 0) is 142 Å². The third-order valence-corrected chi connectivity index (χ3v) is 29.9. The van der Waals surface area contributed by atoms with Crippen LogP contribution in [0.3, 0.4) is 0 Å². The Morgan fingerprint density at radius 3 is 1.18 bits per heavy atom. The number of hydrogen-bond donors (Lipinski definition) is 0. The van der Waals surface area contributed by atoms with Crippen molar-refractivity contribution in [1.29, 1.82) is 0 Å². The van der Waals surface area contributed by atoms with Gasteiger partial charge >= 0.3 is 7.12 Å². The smallest absolute Gasteiger partial charge is 0.400 e. The fourth-order valence-corrected chi connectivity index (χ4v) is 19.2. The predicted molar refractivity (Wildman–Crippen MR) is 454 cm³/mol. The summed E-state index contributed by atoms with van der Waals surface area (Å²) in [5, 5.41) is 9.99. The summed E-state index contributed by atoms with van der Waals surface area (Å²) in [4.78, 5) is 25.1. The summed E-state index contributed by atoms with van der Waals surface area (Å²) in [7, 11) is -5.19. The molecular formula is C84H122BBrN10O6Si4. The van der Waals surface area contributed by atoms with Gasteiger partial charge in [0, 0.05) is 122 Å². The quantitative estimate of drug-likeness (QED) is 0.0239. The fourth-order valence-electron chi connectivity index (χ4n) is 15.4. The van der Waals surface area contributed by atoms with Crippen molar-refractivity contribution in [3.05, 3.63) is 150 Å². The average molecular weight is 1570 g/mol. The first-order valence-electron chi connectivity index (χ1n) is 39.3. The minimum atomic E-state index is -1.24. The van der Waals surface area contributed by atoms with Crippen molar-refractivity contribution in [3.63, 3.8) is 0 Å². The normalized spacial score (nSPS) is 20.5. The van der Waals surface area contributed by atoms with Crippen LogP contribution in [0.5, 0.6) is 0 Å². The van der Waals surface area contributed by atoms with E-state index in [1.54, 1.807) is 5.98 Å². The highest BCUT2D eigenvalue weighted by atomic mass is 79.9. The summed E-state index contributed by atoms with van der Waals surface area (Å²) < 4.78 is 41.8. The highest BCUT2D eigenvalue weighted by Gasteiger charge is 2.50. The SMILES string of the molecule is C=CB1OC(C)(C)C(C)(C)O1.C=Cc1c(C2C[C@H]3CC[C@@H](C2)C3)nc2c(-c3ccc(-c4ccccc4)nc3)cnn2c1N(COCC[Si](C)(C)C)COCC[Si](C)(C)C.C[Si](C)(C)CCOCN(COCC[Si](C)(C)C)c1c(Br)c(C2C[C@H]3CC[C@@H](C2)C3)nc2c(-c3ccc(-c4ccccc4)nc3)cnn12. The molecule has 16 nitrogen and oxygen atoms in total. The standard InChI is InChI=1S/C39H55N5O2Si2.C37H52BrN5O2Si2.C8H15BO2/c1-8-34-37(33-23-29-14-15-30(22-29)24-33)42-38-35(32-16-17-36(40-25-32)31-12-10-9-11-13-31)26-41-44(38)39(34)43(27-45-18-20-47(2,3)4)28-46-19-21-48(5,6)7;1-46(2,3)18-16-44-25-42(26-45-17-19-47(4,5)6)37-34(38)35(31-21-27-12-13-28(20-27)22-31)41-36-32(24-40-43(36)37)30-14-15-33(39-23-30)29-10-8-7-9-11-29;1-6-9-10-7(2,3)8(4,5)11-9/h8-13,16-17,25-26,29-30,33H,1,14-15,18-24,27-28H2,2-7H3;7-11,14-15,23-24,27-28,31H,12-13,16-22,25-26H2,1-6H3;6H,1H2,2-5H3/t29-,30+,33?;27-,28+,31?;. The molecule has 0 radical (unpaired) electrons. The molecule has 2 unspecified atom stereocenters. The number of hydrogen-bond acceptors (Lipinski definition) is 14.